The molecule has 1 rings (SSSR count). The molecule has 0 saturated carbocycles. The lowest BCUT2D eigenvalue weighted by molar-refractivity contribution is 1.15. The third-order valence-corrected chi connectivity index (χ3v) is 1.44. The smallest absolute Gasteiger partial charge is 0.0273 e. The van der Waals surface area contributed by atoms with E-state index in [0.717, 1.165) is 5.56 Å². The summed E-state index contributed by atoms with van der Waals surface area (Å²) < 4.78 is 0. The molecule has 1 heterocycles. The van der Waals surface area contributed by atoms with Crippen LogP contribution in [0, 0.1) is 0 Å². The first-order valence-electron chi connectivity index (χ1n) is 3.60. The van der Waals surface area contributed by atoms with E-state index in [0.29, 0.717) is 6.54 Å². The lowest BCUT2D eigenvalue weighted by atomic mass is 10.2. The number of nitrogens with two attached hydrogens (primary N) is 1. The summed E-state index contributed by atoms with van der Waals surface area (Å²) in [6, 6.07) is 3.92. The molecule has 58 valence electrons. The number of aromatic nitrogens is 1. The van der Waals surface area contributed by atoms with Crippen LogP contribution in [0.4, 0.5) is 0 Å². The number of rotatable bonds is 2. The molecule has 0 bridgehead atoms. The molecular formula is C9H12N2. The maximum Gasteiger partial charge on any atom is 0.0273 e. The fraction of sp³-hybridized carbons (Fsp3) is 0.222. The molecule has 0 amide bonds. The minimum absolute atomic E-state index is 0.613. The Kier molecular flexibility index (Phi) is 2.81. The molecule has 0 spiro atoms. The Bertz CT molecular complexity index is 239. The van der Waals surface area contributed by atoms with E-state index in [1.165, 1.54) is 5.57 Å². The second-order valence-corrected chi connectivity index (χ2v) is 2.48. The van der Waals surface area contributed by atoms with Crippen LogP contribution in [0.15, 0.2) is 30.1 Å². The van der Waals surface area contributed by atoms with Gasteiger partial charge in [0.25, 0.3) is 0 Å². The Labute approximate surface area is 66.8 Å². The van der Waals surface area contributed by atoms with Crippen molar-refractivity contribution >= 4 is 6.08 Å². The Morgan fingerprint density at radius 2 is 2.18 bits per heavy atom. The molecule has 1 aromatic heterocycles. The van der Waals surface area contributed by atoms with Gasteiger partial charge in [0.15, 0.2) is 0 Å². The summed E-state index contributed by atoms with van der Waals surface area (Å²) >= 11 is 0. The van der Waals surface area contributed by atoms with Crippen LogP contribution in [0.25, 0.3) is 6.08 Å². The maximum atomic E-state index is 5.44. The Hall–Kier alpha value is -1.15. The molecular weight excluding hydrogens is 136 g/mol. The van der Waals surface area contributed by atoms with Crippen LogP contribution in [-0.2, 0) is 0 Å². The molecule has 2 heteroatoms. The highest BCUT2D eigenvalue weighted by Crippen LogP contribution is 2.02. The van der Waals surface area contributed by atoms with E-state index in [1.54, 1.807) is 12.4 Å². The standard InChI is InChI=1S/C9H12N2/c1-8(7-10)6-9-2-4-11-5-3-9/h2-6H,7,10H2,1H3. The zero-order valence-corrected chi connectivity index (χ0v) is 6.62. The van der Waals surface area contributed by atoms with Gasteiger partial charge in [0.2, 0.25) is 0 Å². The van der Waals surface area contributed by atoms with Crippen LogP contribution in [0.3, 0.4) is 0 Å². The molecule has 1 aromatic rings. The quantitative estimate of drug-likeness (QED) is 0.689. The average molecular weight is 148 g/mol. The first-order chi connectivity index (χ1) is 5.33. The van der Waals surface area contributed by atoms with Crippen LogP contribution in [0.1, 0.15) is 12.5 Å². The van der Waals surface area contributed by atoms with Gasteiger partial charge in [-0.3, -0.25) is 4.98 Å². The van der Waals surface area contributed by atoms with Gasteiger partial charge in [0.1, 0.15) is 0 Å². The molecule has 0 unspecified atom stereocenters. The van der Waals surface area contributed by atoms with Gasteiger partial charge < -0.3 is 5.73 Å². The first kappa shape index (κ1) is 7.95. The van der Waals surface area contributed by atoms with Crippen molar-refractivity contribution in [3.05, 3.63) is 35.7 Å². The van der Waals surface area contributed by atoms with Gasteiger partial charge in [-0.1, -0.05) is 11.6 Å². The van der Waals surface area contributed by atoms with Crippen molar-refractivity contribution in [3.8, 4) is 0 Å². The van der Waals surface area contributed by atoms with Crippen molar-refractivity contribution in [1.29, 1.82) is 0 Å². The predicted octanol–water partition coefficient (Wildman–Crippen LogP) is 1.44. The molecule has 0 atom stereocenters. The van der Waals surface area contributed by atoms with Crippen molar-refractivity contribution in [3.63, 3.8) is 0 Å². The largest absolute Gasteiger partial charge is 0.327 e. The Morgan fingerprint density at radius 1 is 1.55 bits per heavy atom. The molecule has 0 saturated heterocycles. The highest BCUT2D eigenvalue weighted by Gasteiger charge is 1.86. The molecule has 2 nitrogen and oxygen atoms in total. The second kappa shape index (κ2) is 3.88. The summed E-state index contributed by atoms with van der Waals surface area (Å²) in [6.07, 6.45) is 5.60. The molecule has 0 aliphatic carbocycles. The van der Waals surface area contributed by atoms with Gasteiger partial charge >= 0.3 is 0 Å². The summed E-state index contributed by atoms with van der Waals surface area (Å²) in [4.78, 5) is 3.92. The lowest BCUT2D eigenvalue weighted by Crippen LogP contribution is -1.99. The van der Waals surface area contributed by atoms with Crippen LogP contribution >= 0.6 is 0 Å². The monoisotopic (exact) mass is 148 g/mol. The first-order valence-corrected chi connectivity index (χ1v) is 3.60. The highest BCUT2D eigenvalue weighted by atomic mass is 14.6. The van der Waals surface area contributed by atoms with Gasteiger partial charge in [0, 0.05) is 18.9 Å². The van der Waals surface area contributed by atoms with E-state index >= 15 is 0 Å². The number of nitrogens with zero attached hydrogens (tertiary/aromatic N) is 1. The number of hydrogen-bond acceptors (Lipinski definition) is 2. The van der Waals surface area contributed by atoms with E-state index in [9.17, 15) is 0 Å². The van der Waals surface area contributed by atoms with E-state index in [2.05, 4.69) is 11.1 Å². The highest BCUT2D eigenvalue weighted by molar-refractivity contribution is 5.51. The van der Waals surface area contributed by atoms with Crippen LogP contribution in [-0.4, -0.2) is 11.5 Å². The minimum atomic E-state index is 0.613. The maximum absolute atomic E-state index is 5.44. The molecule has 0 aliphatic rings. The Balaban J connectivity index is 2.79. The Morgan fingerprint density at radius 3 is 2.73 bits per heavy atom. The average Bonchev–Trinajstić information content (AvgIpc) is 2.06. The van der Waals surface area contributed by atoms with Crippen LogP contribution < -0.4 is 5.73 Å². The van der Waals surface area contributed by atoms with Crippen molar-refractivity contribution in [2.24, 2.45) is 5.73 Å². The molecule has 0 aromatic carbocycles. The molecule has 0 aliphatic heterocycles. The summed E-state index contributed by atoms with van der Waals surface area (Å²) in [7, 11) is 0. The topological polar surface area (TPSA) is 38.9 Å². The SMILES string of the molecule is CC(=Cc1ccncc1)CN. The fourth-order valence-electron chi connectivity index (χ4n) is 0.803. The van der Waals surface area contributed by atoms with Gasteiger partial charge in [-0.15, -0.1) is 0 Å². The summed E-state index contributed by atoms with van der Waals surface area (Å²) in [5, 5.41) is 0. The second-order valence-electron chi connectivity index (χ2n) is 2.48. The fourth-order valence-corrected chi connectivity index (χ4v) is 0.803. The summed E-state index contributed by atoms with van der Waals surface area (Å²) in [6.45, 7) is 2.63. The summed E-state index contributed by atoms with van der Waals surface area (Å²) in [5.41, 5.74) is 7.77. The molecule has 0 fully saturated rings. The third-order valence-electron chi connectivity index (χ3n) is 1.44. The predicted molar refractivity (Wildman–Crippen MR) is 46.9 cm³/mol. The minimum Gasteiger partial charge on any atom is -0.327 e. The number of pyridine rings is 1. The van der Waals surface area contributed by atoms with E-state index < -0.39 is 0 Å². The van der Waals surface area contributed by atoms with Crippen molar-refractivity contribution in [2.75, 3.05) is 6.54 Å². The lowest BCUT2D eigenvalue weighted by Gasteiger charge is -1.94. The van der Waals surface area contributed by atoms with Gasteiger partial charge in [0.05, 0.1) is 0 Å². The molecule has 0 radical (unpaired) electrons. The molecule has 11 heavy (non-hydrogen) atoms. The van der Waals surface area contributed by atoms with E-state index in [1.807, 2.05) is 19.1 Å². The zero-order chi connectivity index (χ0) is 8.10. The van der Waals surface area contributed by atoms with Crippen LogP contribution in [0.2, 0.25) is 0 Å². The third kappa shape index (κ3) is 2.51. The van der Waals surface area contributed by atoms with Gasteiger partial charge in [-0.2, -0.15) is 0 Å². The normalized spacial score (nSPS) is 11.6. The van der Waals surface area contributed by atoms with Gasteiger partial charge in [-0.05, 0) is 24.6 Å². The molecule has 2 N–H and O–H groups in total. The van der Waals surface area contributed by atoms with Crippen molar-refractivity contribution < 1.29 is 0 Å². The van der Waals surface area contributed by atoms with E-state index in [-0.39, 0.29) is 0 Å². The zero-order valence-electron chi connectivity index (χ0n) is 6.62. The van der Waals surface area contributed by atoms with Crippen LogP contribution in [0.5, 0.6) is 0 Å². The van der Waals surface area contributed by atoms with Crippen molar-refractivity contribution in [2.45, 2.75) is 6.92 Å². The van der Waals surface area contributed by atoms with Crippen molar-refractivity contribution in [1.82, 2.24) is 4.98 Å². The van der Waals surface area contributed by atoms with Gasteiger partial charge in [-0.25, -0.2) is 0 Å². The number of hydrogen-bond donors (Lipinski definition) is 1. The summed E-state index contributed by atoms with van der Waals surface area (Å²) in [5.74, 6) is 0. The van der Waals surface area contributed by atoms with E-state index in [4.69, 9.17) is 5.73 Å².